The molecule has 0 spiro atoms. The lowest BCUT2D eigenvalue weighted by Crippen LogP contribution is -2.49. The third-order valence-electron chi connectivity index (χ3n) is 5.04. The average molecular weight is 287 g/mol. The highest BCUT2D eigenvalue weighted by molar-refractivity contribution is 5.04. The summed E-state index contributed by atoms with van der Waals surface area (Å²) in [5.74, 6) is 0.878. The van der Waals surface area contributed by atoms with E-state index in [9.17, 15) is 0 Å². The smallest absolute Gasteiger partial charge is 0.0717 e. The standard InChI is InChI=1S/C17H25N3O/c1-2-6-18-15(3-1)10-19-7-8-20-12-17(9-16(20)11-19)21-13-14-4-5-14/h1-3,6,14,16-17H,4-5,7-13H2/t16-,17+/m0/s1. The van der Waals surface area contributed by atoms with E-state index in [1.165, 1.54) is 38.0 Å². The Hall–Kier alpha value is -0.970. The Kier molecular flexibility index (Phi) is 3.93. The molecule has 2 saturated heterocycles. The van der Waals surface area contributed by atoms with Crippen LogP contribution < -0.4 is 0 Å². The van der Waals surface area contributed by atoms with Crippen molar-refractivity contribution in [2.75, 3.05) is 32.8 Å². The second-order valence-electron chi connectivity index (χ2n) is 6.84. The van der Waals surface area contributed by atoms with Gasteiger partial charge in [-0.25, -0.2) is 0 Å². The van der Waals surface area contributed by atoms with E-state index in [1.54, 1.807) is 0 Å². The van der Waals surface area contributed by atoms with Gasteiger partial charge in [0, 0.05) is 51.6 Å². The first-order chi connectivity index (χ1) is 10.4. The van der Waals surface area contributed by atoms with Crippen molar-refractivity contribution in [3.8, 4) is 0 Å². The monoisotopic (exact) mass is 287 g/mol. The topological polar surface area (TPSA) is 28.6 Å². The van der Waals surface area contributed by atoms with E-state index in [0.717, 1.165) is 32.2 Å². The summed E-state index contributed by atoms with van der Waals surface area (Å²) in [6, 6.07) is 6.88. The van der Waals surface area contributed by atoms with Gasteiger partial charge in [0.25, 0.3) is 0 Å². The fourth-order valence-corrected chi connectivity index (χ4v) is 3.60. The summed E-state index contributed by atoms with van der Waals surface area (Å²) in [7, 11) is 0. The molecule has 1 saturated carbocycles. The molecular weight excluding hydrogens is 262 g/mol. The van der Waals surface area contributed by atoms with Crippen molar-refractivity contribution in [3.63, 3.8) is 0 Å². The van der Waals surface area contributed by atoms with Crippen LogP contribution in [0.4, 0.5) is 0 Å². The van der Waals surface area contributed by atoms with Crippen LogP contribution in [-0.2, 0) is 11.3 Å². The van der Waals surface area contributed by atoms with E-state index in [2.05, 4.69) is 26.9 Å². The van der Waals surface area contributed by atoms with Gasteiger partial charge in [-0.2, -0.15) is 0 Å². The SMILES string of the molecule is c1ccc(CN2CCN3C[C@H](OCC4CC4)C[C@H]3C2)nc1. The molecular formula is C17H25N3O. The predicted octanol–water partition coefficient (Wildman–Crippen LogP) is 1.77. The maximum Gasteiger partial charge on any atom is 0.0717 e. The quantitative estimate of drug-likeness (QED) is 0.825. The largest absolute Gasteiger partial charge is 0.377 e. The molecule has 21 heavy (non-hydrogen) atoms. The Labute approximate surface area is 127 Å². The van der Waals surface area contributed by atoms with Gasteiger partial charge >= 0.3 is 0 Å². The number of ether oxygens (including phenoxy) is 1. The number of pyridine rings is 1. The third kappa shape index (κ3) is 3.44. The Morgan fingerprint density at radius 1 is 1.19 bits per heavy atom. The highest BCUT2D eigenvalue weighted by atomic mass is 16.5. The van der Waals surface area contributed by atoms with Crippen LogP contribution in [0.5, 0.6) is 0 Å². The normalized spacial score (nSPS) is 30.5. The zero-order valence-corrected chi connectivity index (χ0v) is 12.7. The van der Waals surface area contributed by atoms with E-state index >= 15 is 0 Å². The highest BCUT2D eigenvalue weighted by Gasteiger charge is 2.37. The molecule has 0 aromatic carbocycles. The van der Waals surface area contributed by atoms with Crippen LogP contribution in [0.1, 0.15) is 25.0 Å². The van der Waals surface area contributed by atoms with Crippen LogP contribution in [0.3, 0.4) is 0 Å². The second kappa shape index (κ2) is 6.03. The van der Waals surface area contributed by atoms with E-state index in [1.807, 2.05) is 12.3 Å². The van der Waals surface area contributed by atoms with Crippen LogP contribution in [-0.4, -0.2) is 59.7 Å². The van der Waals surface area contributed by atoms with Crippen LogP contribution in [0.2, 0.25) is 0 Å². The number of hydrogen-bond donors (Lipinski definition) is 0. The summed E-state index contributed by atoms with van der Waals surface area (Å²) in [5, 5.41) is 0. The van der Waals surface area contributed by atoms with Crippen molar-refractivity contribution < 1.29 is 4.74 Å². The Morgan fingerprint density at radius 2 is 2.14 bits per heavy atom. The van der Waals surface area contributed by atoms with Crippen molar-refractivity contribution in [1.82, 2.24) is 14.8 Å². The molecule has 0 unspecified atom stereocenters. The van der Waals surface area contributed by atoms with E-state index in [0.29, 0.717) is 12.1 Å². The molecule has 3 heterocycles. The summed E-state index contributed by atoms with van der Waals surface area (Å²) in [6.07, 6.45) is 6.36. The van der Waals surface area contributed by atoms with Crippen LogP contribution in [0, 0.1) is 5.92 Å². The lowest BCUT2D eigenvalue weighted by Gasteiger charge is -2.37. The summed E-state index contributed by atoms with van der Waals surface area (Å²) in [4.78, 5) is 9.63. The average Bonchev–Trinajstić information content (AvgIpc) is 3.25. The van der Waals surface area contributed by atoms with Gasteiger partial charge in [0.1, 0.15) is 0 Å². The van der Waals surface area contributed by atoms with Crippen molar-refractivity contribution in [3.05, 3.63) is 30.1 Å². The molecule has 4 nitrogen and oxygen atoms in total. The van der Waals surface area contributed by atoms with Crippen molar-refractivity contribution in [1.29, 1.82) is 0 Å². The third-order valence-corrected chi connectivity index (χ3v) is 5.04. The summed E-state index contributed by atoms with van der Waals surface area (Å²) < 4.78 is 6.10. The van der Waals surface area contributed by atoms with Gasteiger partial charge in [-0.1, -0.05) is 6.07 Å². The molecule has 2 atom stereocenters. The minimum Gasteiger partial charge on any atom is -0.377 e. The summed E-state index contributed by atoms with van der Waals surface area (Å²) >= 11 is 0. The van der Waals surface area contributed by atoms with Crippen molar-refractivity contribution >= 4 is 0 Å². The second-order valence-corrected chi connectivity index (χ2v) is 6.84. The van der Waals surface area contributed by atoms with Crippen molar-refractivity contribution in [2.24, 2.45) is 5.92 Å². The van der Waals surface area contributed by atoms with Crippen LogP contribution in [0.15, 0.2) is 24.4 Å². The maximum atomic E-state index is 6.10. The lowest BCUT2D eigenvalue weighted by atomic mass is 10.1. The molecule has 2 aliphatic heterocycles. The molecule has 0 bridgehead atoms. The zero-order valence-electron chi connectivity index (χ0n) is 12.7. The summed E-state index contributed by atoms with van der Waals surface area (Å²) in [6.45, 7) is 6.64. The molecule has 114 valence electrons. The molecule has 0 N–H and O–H groups in total. The molecule has 3 fully saturated rings. The van der Waals surface area contributed by atoms with Gasteiger partial charge in [0.2, 0.25) is 0 Å². The minimum atomic E-state index is 0.477. The first kappa shape index (κ1) is 13.7. The molecule has 1 aliphatic carbocycles. The Balaban J connectivity index is 1.28. The van der Waals surface area contributed by atoms with Gasteiger partial charge in [-0.15, -0.1) is 0 Å². The van der Waals surface area contributed by atoms with Gasteiger partial charge in [-0.3, -0.25) is 14.8 Å². The van der Waals surface area contributed by atoms with Crippen molar-refractivity contribution in [2.45, 2.75) is 38.0 Å². The Morgan fingerprint density at radius 3 is 2.95 bits per heavy atom. The molecule has 0 radical (unpaired) electrons. The summed E-state index contributed by atoms with van der Waals surface area (Å²) in [5.41, 5.74) is 1.19. The maximum absolute atomic E-state index is 6.10. The van der Waals surface area contributed by atoms with Gasteiger partial charge in [0.15, 0.2) is 0 Å². The highest BCUT2D eigenvalue weighted by Crippen LogP contribution is 2.31. The molecule has 1 aromatic rings. The van der Waals surface area contributed by atoms with Crippen LogP contribution in [0.25, 0.3) is 0 Å². The molecule has 4 rings (SSSR count). The molecule has 1 aromatic heterocycles. The van der Waals surface area contributed by atoms with Gasteiger partial charge < -0.3 is 4.74 Å². The minimum absolute atomic E-state index is 0.477. The number of fused-ring (bicyclic) bond motifs is 1. The van der Waals surface area contributed by atoms with Gasteiger partial charge in [0.05, 0.1) is 11.8 Å². The van der Waals surface area contributed by atoms with Gasteiger partial charge in [-0.05, 0) is 37.3 Å². The van der Waals surface area contributed by atoms with E-state index in [-0.39, 0.29) is 0 Å². The molecule has 4 heteroatoms. The predicted molar refractivity (Wildman–Crippen MR) is 82.0 cm³/mol. The zero-order chi connectivity index (χ0) is 14.1. The fourth-order valence-electron chi connectivity index (χ4n) is 3.60. The number of nitrogens with zero attached hydrogens (tertiary/aromatic N) is 3. The first-order valence-electron chi connectivity index (χ1n) is 8.35. The lowest BCUT2D eigenvalue weighted by molar-refractivity contribution is 0.0507. The van der Waals surface area contributed by atoms with E-state index in [4.69, 9.17) is 4.74 Å². The number of piperazine rings is 1. The van der Waals surface area contributed by atoms with E-state index < -0.39 is 0 Å². The Bertz CT molecular complexity index is 462. The number of rotatable bonds is 5. The molecule has 0 amide bonds. The molecule has 3 aliphatic rings. The van der Waals surface area contributed by atoms with Crippen LogP contribution >= 0.6 is 0 Å². The number of aromatic nitrogens is 1. The first-order valence-corrected chi connectivity index (χ1v) is 8.35. The number of hydrogen-bond acceptors (Lipinski definition) is 4. The fraction of sp³-hybridized carbons (Fsp3) is 0.706.